The van der Waals surface area contributed by atoms with Crippen LogP contribution in [-0.2, 0) is 0 Å². The highest BCUT2D eigenvalue weighted by Gasteiger charge is 2.10. The number of anilines is 3. The van der Waals surface area contributed by atoms with E-state index in [2.05, 4.69) is 52.5 Å². The molecule has 1 aromatic carbocycles. The van der Waals surface area contributed by atoms with Crippen molar-refractivity contribution in [3.63, 3.8) is 0 Å². The molecule has 0 aliphatic rings. The van der Waals surface area contributed by atoms with Crippen molar-refractivity contribution in [3.05, 3.63) is 39.3 Å². The maximum absolute atomic E-state index is 13.7. The molecule has 0 aliphatic carbocycles. The second-order valence-corrected chi connectivity index (χ2v) is 5.37. The number of benzene rings is 1. The molecule has 2 rings (SSSR count). The highest BCUT2D eigenvalue weighted by Crippen LogP contribution is 2.30. The molecule has 2 aromatic rings. The largest absolute Gasteiger partial charge is 0.369 e. The van der Waals surface area contributed by atoms with Crippen LogP contribution in [-0.4, -0.2) is 16.5 Å². The Morgan fingerprint density at radius 3 is 2.68 bits per heavy atom. The molecule has 0 saturated carbocycles. The van der Waals surface area contributed by atoms with Gasteiger partial charge in [-0.2, -0.15) is 0 Å². The number of hydrogen-bond acceptors (Lipinski definition) is 4. The molecular formula is C12H11Br2FN4. The Balaban J connectivity index is 2.33. The minimum Gasteiger partial charge on any atom is -0.369 e. The number of nitrogens with zero attached hydrogens (tertiary/aromatic N) is 2. The van der Waals surface area contributed by atoms with Gasteiger partial charge >= 0.3 is 0 Å². The zero-order valence-electron chi connectivity index (χ0n) is 10.0. The zero-order chi connectivity index (χ0) is 13.8. The fourth-order valence-electron chi connectivity index (χ4n) is 1.47. The predicted octanol–water partition coefficient (Wildman–Crippen LogP) is 4.32. The van der Waals surface area contributed by atoms with Crippen molar-refractivity contribution in [1.82, 2.24) is 9.97 Å². The normalized spacial score (nSPS) is 10.3. The quantitative estimate of drug-likeness (QED) is 0.817. The lowest BCUT2D eigenvalue weighted by Gasteiger charge is -2.11. The highest BCUT2D eigenvalue weighted by molar-refractivity contribution is 9.11. The summed E-state index contributed by atoms with van der Waals surface area (Å²) in [7, 11) is 0. The fourth-order valence-corrected chi connectivity index (χ4v) is 2.27. The maximum atomic E-state index is 13.7. The first-order valence-corrected chi connectivity index (χ1v) is 7.17. The van der Waals surface area contributed by atoms with Crippen LogP contribution in [0, 0.1) is 5.82 Å². The van der Waals surface area contributed by atoms with Gasteiger partial charge in [-0.1, -0.05) is 15.9 Å². The van der Waals surface area contributed by atoms with Gasteiger partial charge in [0.25, 0.3) is 0 Å². The van der Waals surface area contributed by atoms with Crippen LogP contribution in [0.1, 0.15) is 6.92 Å². The average Bonchev–Trinajstić information content (AvgIpc) is 2.39. The molecule has 7 heteroatoms. The number of nitrogens with one attached hydrogen (secondary N) is 2. The summed E-state index contributed by atoms with van der Waals surface area (Å²) >= 11 is 6.70. The van der Waals surface area contributed by atoms with Crippen molar-refractivity contribution in [2.24, 2.45) is 0 Å². The standard InChI is InChI=1S/C12H11Br2FN4/c1-2-16-11-10(14)12(18-6-17-11)19-9-5-7(13)3-4-8(9)15/h3-6H,2H2,1H3,(H2,16,17,18,19). The van der Waals surface area contributed by atoms with E-state index in [1.54, 1.807) is 12.1 Å². The third-order valence-electron chi connectivity index (χ3n) is 2.32. The van der Waals surface area contributed by atoms with E-state index in [-0.39, 0.29) is 5.82 Å². The van der Waals surface area contributed by atoms with Gasteiger partial charge in [-0.15, -0.1) is 0 Å². The fraction of sp³-hybridized carbons (Fsp3) is 0.167. The Bertz CT molecular complexity index is 592. The molecule has 2 N–H and O–H groups in total. The third-order valence-corrected chi connectivity index (χ3v) is 3.56. The minimum absolute atomic E-state index is 0.344. The van der Waals surface area contributed by atoms with E-state index in [9.17, 15) is 4.39 Å². The summed E-state index contributed by atoms with van der Waals surface area (Å²) in [6, 6.07) is 4.67. The summed E-state index contributed by atoms with van der Waals surface area (Å²) in [5, 5.41) is 6.02. The average molecular weight is 390 g/mol. The number of hydrogen-bond donors (Lipinski definition) is 2. The number of halogens is 3. The number of rotatable bonds is 4. The van der Waals surface area contributed by atoms with Gasteiger partial charge in [-0.05, 0) is 41.1 Å². The van der Waals surface area contributed by atoms with Crippen LogP contribution in [0.5, 0.6) is 0 Å². The molecule has 0 saturated heterocycles. The molecule has 4 nitrogen and oxygen atoms in total. The first kappa shape index (κ1) is 14.2. The minimum atomic E-state index is -0.348. The van der Waals surface area contributed by atoms with E-state index in [1.807, 2.05) is 6.92 Å². The van der Waals surface area contributed by atoms with E-state index >= 15 is 0 Å². The van der Waals surface area contributed by atoms with E-state index < -0.39 is 0 Å². The SMILES string of the molecule is CCNc1ncnc(Nc2cc(Br)ccc2F)c1Br. The van der Waals surface area contributed by atoms with Crippen molar-refractivity contribution in [3.8, 4) is 0 Å². The van der Waals surface area contributed by atoms with Crippen LogP contribution < -0.4 is 10.6 Å². The highest BCUT2D eigenvalue weighted by atomic mass is 79.9. The molecule has 0 amide bonds. The van der Waals surface area contributed by atoms with E-state index in [4.69, 9.17) is 0 Å². The molecule has 100 valence electrons. The Morgan fingerprint density at radius 2 is 1.95 bits per heavy atom. The lowest BCUT2D eigenvalue weighted by Crippen LogP contribution is -2.04. The molecule has 19 heavy (non-hydrogen) atoms. The van der Waals surface area contributed by atoms with Crippen LogP contribution in [0.4, 0.5) is 21.7 Å². The topological polar surface area (TPSA) is 49.8 Å². The molecule has 0 bridgehead atoms. The van der Waals surface area contributed by atoms with E-state index in [0.717, 1.165) is 11.0 Å². The molecule has 0 spiro atoms. The summed E-state index contributed by atoms with van der Waals surface area (Å²) in [5.41, 5.74) is 0.344. The van der Waals surface area contributed by atoms with Crippen molar-refractivity contribution in [2.75, 3.05) is 17.2 Å². The van der Waals surface area contributed by atoms with Gasteiger partial charge in [0.15, 0.2) is 0 Å². The van der Waals surface area contributed by atoms with Crippen molar-refractivity contribution in [2.45, 2.75) is 6.92 Å². The predicted molar refractivity (Wildman–Crippen MR) is 81.3 cm³/mol. The summed E-state index contributed by atoms with van der Waals surface area (Å²) < 4.78 is 15.1. The molecule has 0 radical (unpaired) electrons. The molecule has 0 unspecified atom stereocenters. The van der Waals surface area contributed by atoms with Crippen LogP contribution >= 0.6 is 31.9 Å². The summed E-state index contributed by atoms with van der Waals surface area (Å²) in [5.74, 6) is 0.817. The van der Waals surface area contributed by atoms with Gasteiger partial charge in [0.05, 0.1) is 5.69 Å². The lowest BCUT2D eigenvalue weighted by atomic mass is 10.3. The van der Waals surface area contributed by atoms with E-state index in [0.29, 0.717) is 21.8 Å². The van der Waals surface area contributed by atoms with Crippen LogP contribution in [0.15, 0.2) is 33.5 Å². The van der Waals surface area contributed by atoms with Crippen LogP contribution in [0.25, 0.3) is 0 Å². The van der Waals surface area contributed by atoms with Crippen molar-refractivity contribution >= 4 is 49.2 Å². The smallest absolute Gasteiger partial charge is 0.150 e. The Kier molecular flexibility index (Phi) is 4.71. The van der Waals surface area contributed by atoms with Gasteiger partial charge in [-0.25, -0.2) is 14.4 Å². The maximum Gasteiger partial charge on any atom is 0.150 e. The summed E-state index contributed by atoms with van der Waals surface area (Å²) in [6.45, 7) is 2.70. The van der Waals surface area contributed by atoms with Gasteiger partial charge in [0.2, 0.25) is 0 Å². The van der Waals surface area contributed by atoms with Crippen LogP contribution in [0.3, 0.4) is 0 Å². The van der Waals surface area contributed by atoms with Crippen molar-refractivity contribution < 1.29 is 4.39 Å². The summed E-state index contributed by atoms with van der Waals surface area (Å²) in [6.07, 6.45) is 1.42. The second-order valence-electron chi connectivity index (χ2n) is 3.66. The van der Waals surface area contributed by atoms with Gasteiger partial charge < -0.3 is 10.6 Å². The lowest BCUT2D eigenvalue weighted by molar-refractivity contribution is 0.631. The van der Waals surface area contributed by atoms with Crippen molar-refractivity contribution in [1.29, 1.82) is 0 Å². The van der Waals surface area contributed by atoms with E-state index in [1.165, 1.54) is 12.4 Å². The zero-order valence-corrected chi connectivity index (χ0v) is 13.2. The second kappa shape index (κ2) is 6.29. The van der Waals surface area contributed by atoms with Crippen LogP contribution in [0.2, 0.25) is 0 Å². The Hall–Kier alpha value is -1.21. The molecule has 1 heterocycles. The molecule has 0 atom stereocenters. The Morgan fingerprint density at radius 1 is 1.21 bits per heavy atom. The summed E-state index contributed by atoms with van der Waals surface area (Å²) in [4.78, 5) is 8.19. The third kappa shape index (κ3) is 3.42. The Labute approximate surface area is 127 Å². The van der Waals surface area contributed by atoms with Gasteiger partial charge in [-0.3, -0.25) is 0 Å². The first-order valence-electron chi connectivity index (χ1n) is 5.58. The molecule has 0 fully saturated rings. The monoisotopic (exact) mass is 388 g/mol. The molecule has 1 aromatic heterocycles. The molecular weight excluding hydrogens is 379 g/mol. The number of aromatic nitrogens is 2. The van der Waals surface area contributed by atoms with Gasteiger partial charge in [0.1, 0.15) is 28.3 Å². The van der Waals surface area contributed by atoms with Gasteiger partial charge in [0, 0.05) is 11.0 Å². The first-order chi connectivity index (χ1) is 9.11. The molecule has 0 aliphatic heterocycles.